The molecule has 0 saturated heterocycles. The Kier molecular flexibility index (Phi) is 4.50. The van der Waals surface area contributed by atoms with Gasteiger partial charge in [0.2, 0.25) is 18.2 Å². The number of nitrogens with one attached hydrogen (secondary N) is 2. The van der Waals surface area contributed by atoms with E-state index in [9.17, 15) is 5.11 Å². The lowest BCUT2D eigenvalue weighted by molar-refractivity contribution is 0.0523. The Balaban J connectivity index is 1.11. The number of aliphatic hydroxyl groups is 1. The predicted octanol–water partition coefficient (Wildman–Crippen LogP) is 4.10. The third kappa shape index (κ3) is 3.30. The first-order valence-corrected chi connectivity index (χ1v) is 12.5. The summed E-state index contributed by atoms with van der Waals surface area (Å²) in [5, 5.41) is 25.9. The van der Waals surface area contributed by atoms with Crippen LogP contribution in [0.15, 0.2) is 41.3 Å². The molecular formula is C26H30N6O2. The van der Waals surface area contributed by atoms with Crippen LogP contribution in [0.1, 0.15) is 49.1 Å². The van der Waals surface area contributed by atoms with E-state index >= 15 is 0 Å². The standard InChI is InChI=1S/C26H30N6O2/c1-14-12-27-25(29-18-4-2-3-15(6-18)8-22-32-28-13-34-22)31-24(14)30-23-17-5-16-7-19(23)20-11-26(20,10-16)21(33)9-17/h2-4,6,12-13,16-17,19-21,23,33H,5,7-11H2,1H3,(H2,27,29,30,31). The summed E-state index contributed by atoms with van der Waals surface area (Å²) in [6.07, 6.45) is 9.64. The predicted molar refractivity (Wildman–Crippen MR) is 126 cm³/mol. The Bertz CT molecular complexity index is 1220. The zero-order valence-corrected chi connectivity index (χ0v) is 19.3. The zero-order chi connectivity index (χ0) is 22.9. The van der Waals surface area contributed by atoms with Crippen molar-refractivity contribution in [1.82, 2.24) is 20.2 Å². The minimum Gasteiger partial charge on any atom is -0.428 e. The van der Waals surface area contributed by atoms with Crippen molar-refractivity contribution in [3.05, 3.63) is 53.9 Å². The number of benzene rings is 1. The highest BCUT2D eigenvalue weighted by molar-refractivity contribution is 5.57. The number of aryl methyl sites for hydroxylation is 1. The molecule has 0 amide bonds. The Morgan fingerprint density at radius 2 is 2.15 bits per heavy atom. The van der Waals surface area contributed by atoms with E-state index < -0.39 is 0 Å². The molecule has 4 bridgehead atoms. The summed E-state index contributed by atoms with van der Waals surface area (Å²) in [5.41, 5.74) is 3.27. The first-order valence-electron chi connectivity index (χ1n) is 12.5. The number of hydrogen-bond donors (Lipinski definition) is 3. The molecule has 3 aromatic rings. The fourth-order valence-electron chi connectivity index (χ4n) is 7.48. The molecule has 8 heteroatoms. The van der Waals surface area contributed by atoms with E-state index in [2.05, 4.69) is 38.8 Å². The number of rotatable bonds is 6. The maximum Gasteiger partial charge on any atom is 0.229 e. The summed E-state index contributed by atoms with van der Waals surface area (Å²) in [6.45, 7) is 2.06. The van der Waals surface area contributed by atoms with Crippen LogP contribution in [0.5, 0.6) is 0 Å². The molecule has 2 heterocycles. The molecule has 5 aliphatic carbocycles. The summed E-state index contributed by atoms with van der Waals surface area (Å²) in [7, 11) is 0. The smallest absolute Gasteiger partial charge is 0.229 e. The molecule has 7 atom stereocenters. The molecule has 5 saturated carbocycles. The molecule has 0 radical (unpaired) electrons. The summed E-state index contributed by atoms with van der Waals surface area (Å²) in [4.78, 5) is 9.41. The van der Waals surface area contributed by atoms with Crippen LogP contribution >= 0.6 is 0 Å². The molecule has 2 aromatic heterocycles. The number of fused-ring (bicyclic) bond motifs is 1. The number of anilines is 3. The van der Waals surface area contributed by atoms with Crippen LogP contribution < -0.4 is 10.6 Å². The largest absolute Gasteiger partial charge is 0.428 e. The summed E-state index contributed by atoms with van der Waals surface area (Å²) in [6, 6.07) is 8.47. The van der Waals surface area contributed by atoms with Gasteiger partial charge in [-0.3, -0.25) is 0 Å². The third-order valence-corrected chi connectivity index (χ3v) is 8.98. The summed E-state index contributed by atoms with van der Waals surface area (Å²) >= 11 is 0. The quantitative estimate of drug-likeness (QED) is 0.507. The molecule has 0 aliphatic heterocycles. The monoisotopic (exact) mass is 458 g/mol. The Labute approximate surface area is 198 Å². The summed E-state index contributed by atoms with van der Waals surface area (Å²) < 4.78 is 5.27. The fraction of sp³-hybridized carbons (Fsp3) is 0.538. The minimum atomic E-state index is -0.120. The second-order valence-electron chi connectivity index (χ2n) is 11.0. The van der Waals surface area contributed by atoms with Gasteiger partial charge in [-0.2, -0.15) is 4.98 Å². The van der Waals surface area contributed by atoms with Gasteiger partial charge in [-0.1, -0.05) is 12.1 Å². The van der Waals surface area contributed by atoms with Crippen LogP contribution in [0.25, 0.3) is 0 Å². The molecule has 3 N–H and O–H groups in total. The van der Waals surface area contributed by atoms with Gasteiger partial charge in [-0.25, -0.2) is 4.98 Å². The molecule has 1 spiro atoms. The van der Waals surface area contributed by atoms with Crippen LogP contribution in [-0.2, 0) is 6.42 Å². The van der Waals surface area contributed by atoms with Gasteiger partial charge in [-0.05, 0) is 80.4 Å². The fourth-order valence-corrected chi connectivity index (χ4v) is 7.48. The molecular weight excluding hydrogens is 428 g/mol. The van der Waals surface area contributed by atoms with Crippen molar-refractivity contribution in [2.75, 3.05) is 10.6 Å². The highest BCUT2D eigenvalue weighted by atomic mass is 16.4. The van der Waals surface area contributed by atoms with Gasteiger partial charge in [0.1, 0.15) is 5.82 Å². The SMILES string of the molecule is Cc1cnc(Nc2cccc(Cc3nnco3)c2)nc1NC1C2CC3CC1C1CC1(C3)C(O)C2. The molecule has 176 valence electrons. The molecule has 8 nitrogen and oxygen atoms in total. The van der Waals surface area contributed by atoms with Gasteiger partial charge < -0.3 is 20.2 Å². The topological polar surface area (TPSA) is 109 Å². The highest BCUT2D eigenvalue weighted by Crippen LogP contribution is 2.73. The average Bonchev–Trinajstić information content (AvgIpc) is 3.39. The van der Waals surface area contributed by atoms with Crippen LogP contribution in [0.3, 0.4) is 0 Å². The number of aliphatic hydroxyl groups excluding tert-OH is 1. The first kappa shape index (κ1) is 20.4. The average molecular weight is 459 g/mol. The highest BCUT2D eigenvalue weighted by Gasteiger charge is 2.69. The summed E-state index contributed by atoms with van der Waals surface area (Å²) in [5.74, 6) is 4.73. The normalized spacial score (nSPS) is 35.0. The Morgan fingerprint density at radius 3 is 3.03 bits per heavy atom. The van der Waals surface area contributed by atoms with E-state index in [0.717, 1.165) is 35.0 Å². The van der Waals surface area contributed by atoms with E-state index in [4.69, 9.17) is 9.40 Å². The van der Waals surface area contributed by atoms with E-state index in [1.807, 2.05) is 24.4 Å². The van der Waals surface area contributed by atoms with Crippen molar-refractivity contribution >= 4 is 17.5 Å². The van der Waals surface area contributed by atoms with E-state index in [0.29, 0.717) is 42.1 Å². The van der Waals surface area contributed by atoms with E-state index in [-0.39, 0.29) is 11.5 Å². The van der Waals surface area contributed by atoms with Gasteiger partial charge >= 0.3 is 0 Å². The van der Waals surface area contributed by atoms with Crippen LogP contribution in [-0.4, -0.2) is 37.4 Å². The number of hydrogen-bond acceptors (Lipinski definition) is 8. The minimum absolute atomic E-state index is 0.120. The Hall–Kier alpha value is -3.00. The maximum absolute atomic E-state index is 11.0. The van der Waals surface area contributed by atoms with Crippen molar-refractivity contribution in [2.45, 2.75) is 57.6 Å². The van der Waals surface area contributed by atoms with Crippen molar-refractivity contribution in [3.63, 3.8) is 0 Å². The van der Waals surface area contributed by atoms with Gasteiger partial charge in [0, 0.05) is 28.9 Å². The van der Waals surface area contributed by atoms with Crippen molar-refractivity contribution in [1.29, 1.82) is 0 Å². The molecule has 5 aliphatic rings. The van der Waals surface area contributed by atoms with Crippen molar-refractivity contribution in [2.24, 2.45) is 29.1 Å². The van der Waals surface area contributed by atoms with Crippen LogP contribution in [0, 0.1) is 36.0 Å². The van der Waals surface area contributed by atoms with Gasteiger partial charge in [0.15, 0.2) is 0 Å². The second-order valence-corrected chi connectivity index (χ2v) is 11.0. The lowest BCUT2D eigenvalue weighted by Gasteiger charge is -2.44. The lowest BCUT2D eigenvalue weighted by atomic mass is 9.65. The van der Waals surface area contributed by atoms with E-state index in [1.54, 1.807) is 0 Å². The number of nitrogens with zero attached hydrogens (tertiary/aromatic N) is 4. The molecule has 34 heavy (non-hydrogen) atoms. The third-order valence-electron chi connectivity index (χ3n) is 8.98. The van der Waals surface area contributed by atoms with Crippen molar-refractivity contribution in [3.8, 4) is 0 Å². The Morgan fingerprint density at radius 1 is 1.21 bits per heavy atom. The molecule has 5 fully saturated rings. The molecule has 8 rings (SSSR count). The zero-order valence-electron chi connectivity index (χ0n) is 19.3. The van der Waals surface area contributed by atoms with Crippen LogP contribution in [0.2, 0.25) is 0 Å². The van der Waals surface area contributed by atoms with E-state index in [1.165, 1.54) is 32.1 Å². The van der Waals surface area contributed by atoms with Gasteiger partial charge in [0.05, 0.1) is 12.5 Å². The first-order chi connectivity index (χ1) is 16.6. The van der Waals surface area contributed by atoms with Crippen molar-refractivity contribution < 1.29 is 9.52 Å². The number of aromatic nitrogens is 4. The maximum atomic E-state index is 11.0. The van der Waals surface area contributed by atoms with Gasteiger partial charge in [0.25, 0.3) is 0 Å². The van der Waals surface area contributed by atoms with Gasteiger partial charge in [-0.15, -0.1) is 10.2 Å². The van der Waals surface area contributed by atoms with Crippen LogP contribution in [0.4, 0.5) is 17.5 Å². The molecule has 7 unspecified atom stereocenters. The lowest BCUT2D eigenvalue weighted by Crippen LogP contribution is -2.45. The second kappa shape index (κ2) is 7.50. The molecule has 1 aromatic carbocycles.